The van der Waals surface area contributed by atoms with Crippen LogP contribution in [0.4, 0.5) is 15.9 Å². The monoisotopic (exact) mass is 458 g/mol. The summed E-state index contributed by atoms with van der Waals surface area (Å²) in [5.74, 6) is 0.346. The number of nitrogens with two attached hydrogens (primary N) is 1. The number of benzene rings is 1. The van der Waals surface area contributed by atoms with Gasteiger partial charge in [0.25, 0.3) is 0 Å². The fourth-order valence-corrected chi connectivity index (χ4v) is 5.82. The van der Waals surface area contributed by atoms with Crippen LogP contribution in [0.2, 0.25) is 0 Å². The van der Waals surface area contributed by atoms with Crippen molar-refractivity contribution < 1.29 is 17.5 Å². The third-order valence-corrected chi connectivity index (χ3v) is 8.14. The predicted octanol–water partition coefficient (Wildman–Crippen LogP) is 0.564. The Bertz CT molecular complexity index is 1280. The zero-order valence-corrected chi connectivity index (χ0v) is 18.7. The van der Waals surface area contributed by atoms with Gasteiger partial charge in [-0.15, -0.1) is 0 Å². The molecule has 2 atom stereocenters. The van der Waals surface area contributed by atoms with Gasteiger partial charge in [0.15, 0.2) is 9.84 Å². The van der Waals surface area contributed by atoms with Gasteiger partial charge in [0.1, 0.15) is 12.0 Å². The Morgan fingerprint density at radius 2 is 2.09 bits per heavy atom. The molecule has 3 heterocycles. The van der Waals surface area contributed by atoms with Crippen LogP contribution < -0.4 is 26.5 Å². The van der Waals surface area contributed by atoms with E-state index in [0.717, 1.165) is 16.5 Å². The number of fused-ring (bicyclic) bond motifs is 2. The number of halogens is 1. The molecule has 1 aromatic heterocycles. The average Bonchev–Trinajstić information content (AvgIpc) is 2.88. The largest absolute Gasteiger partial charge is 0.382 e. The van der Waals surface area contributed by atoms with Crippen molar-refractivity contribution in [2.24, 2.45) is 11.7 Å². The van der Waals surface area contributed by atoms with Crippen LogP contribution in [0.1, 0.15) is 12.5 Å². The van der Waals surface area contributed by atoms with Crippen molar-refractivity contribution in [3.63, 3.8) is 0 Å². The molecule has 32 heavy (non-hydrogen) atoms. The number of rotatable bonds is 4. The quantitative estimate of drug-likeness (QED) is 0.691. The molecule has 3 aliphatic rings. The van der Waals surface area contributed by atoms with Crippen LogP contribution in [0, 0.1) is 5.92 Å². The van der Waals surface area contributed by atoms with Crippen LogP contribution in [-0.4, -0.2) is 57.2 Å². The summed E-state index contributed by atoms with van der Waals surface area (Å²) in [7, 11) is -3.38. The molecule has 1 saturated heterocycles. The Kier molecular flexibility index (Phi) is 5.22. The molecule has 170 valence electrons. The highest BCUT2D eigenvalue weighted by Crippen LogP contribution is 2.26. The number of ether oxygens (including phenoxy) is 1. The lowest BCUT2D eigenvalue weighted by Gasteiger charge is -2.38. The molecule has 0 amide bonds. The minimum atomic E-state index is -3.38. The van der Waals surface area contributed by atoms with E-state index in [1.807, 2.05) is 36.1 Å². The van der Waals surface area contributed by atoms with Gasteiger partial charge in [-0.1, -0.05) is 31.2 Å². The van der Waals surface area contributed by atoms with Gasteiger partial charge in [0, 0.05) is 42.5 Å². The van der Waals surface area contributed by atoms with Crippen LogP contribution in [0.25, 0.3) is 12.2 Å². The lowest BCUT2D eigenvalue weighted by Crippen LogP contribution is -2.62. The van der Waals surface area contributed by atoms with Crippen molar-refractivity contribution >= 4 is 33.5 Å². The molecule has 9 heteroatoms. The summed E-state index contributed by atoms with van der Waals surface area (Å²) in [6.07, 6.45) is 2.31. The van der Waals surface area contributed by atoms with Crippen LogP contribution in [0.5, 0.6) is 0 Å². The summed E-state index contributed by atoms with van der Waals surface area (Å²) in [4.78, 5) is 7.04. The summed E-state index contributed by atoms with van der Waals surface area (Å²) in [6.45, 7) is 4.04. The first kappa shape index (κ1) is 21.4. The number of alkyl halides is 1. The van der Waals surface area contributed by atoms with Gasteiger partial charge in [-0.3, -0.25) is 0 Å². The van der Waals surface area contributed by atoms with Crippen LogP contribution >= 0.6 is 0 Å². The maximum Gasteiger partial charge on any atom is 0.180 e. The molecule has 2 unspecified atom stereocenters. The third kappa shape index (κ3) is 3.89. The van der Waals surface area contributed by atoms with E-state index in [-0.39, 0.29) is 11.7 Å². The van der Waals surface area contributed by atoms with Gasteiger partial charge >= 0.3 is 0 Å². The van der Waals surface area contributed by atoms with Crippen molar-refractivity contribution in [1.82, 2.24) is 4.98 Å². The number of sulfone groups is 1. The van der Waals surface area contributed by atoms with Gasteiger partial charge in [0.2, 0.25) is 0 Å². The fourth-order valence-electron chi connectivity index (χ4n) is 4.32. The molecule has 0 bridgehead atoms. The topological polar surface area (TPSA) is 97.5 Å². The molecule has 3 N–H and O–H groups in total. The van der Waals surface area contributed by atoms with E-state index in [2.05, 4.69) is 5.32 Å². The number of anilines is 2. The molecule has 0 spiro atoms. The minimum Gasteiger partial charge on any atom is -0.382 e. The Labute approximate surface area is 186 Å². The van der Waals surface area contributed by atoms with Gasteiger partial charge < -0.3 is 20.7 Å². The molecule has 1 aliphatic carbocycles. The second kappa shape index (κ2) is 7.83. The Morgan fingerprint density at radius 3 is 2.84 bits per heavy atom. The van der Waals surface area contributed by atoms with E-state index in [1.165, 1.54) is 0 Å². The van der Waals surface area contributed by atoms with Crippen molar-refractivity contribution in [2.45, 2.75) is 30.1 Å². The normalized spacial score (nSPS) is 25.3. The number of hydrogen-bond donors (Lipinski definition) is 2. The Hall–Kier alpha value is -2.49. The second-order valence-electron chi connectivity index (χ2n) is 9.02. The highest BCUT2D eigenvalue weighted by atomic mass is 32.2. The van der Waals surface area contributed by atoms with E-state index in [0.29, 0.717) is 48.9 Å². The molecule has 2 aromatic rings. The van der Waals surface area contributed by atoms with E-state index in [9.17, 15) is 12.8 Å². The molecule has 0 radical (unpaired) electrons. The third-order valence-electron chi connectivity index (χ3n) is 6.36. The zero-order chi connectivity index (χ0) is 22.5. The average molecular weight is 459 g/mol. The van der Waals surface area contributed by atoms with Crippen LogP contribution in [0.15, 0.2) is 35.2 Å². The molecular formula is C23H27FN4O3S. The minimum absolute atomic E-state index is 0.00655. The molecule has 0 saturated carbocycles. The standard InChI is InChI=1S/C23H27FN4O3S/c1-15-8-17-19(26-12-23(25)13-31-14-23)10-22(27-20(17)9-18(15)24)28-6-7-32(29,30)21-5-3-2-4-16(21)11-28/h2-5,8-10,15,18,26H,6-7,11-14,25H2,1H3. The summed E-state index contributed by atoms with van der Waals surface area (Å²) in [6, 6.07) is 8.98. The number of aromatic nitrogens is 1. The summed E-state index contributed by atoms with van der Waals surface area (Å²) in [5.41, 5.74) is 7.42. The first-order valence-corrected chi connectivity index (χ1v) is 12.4. The summed E-state index contributed by atoms with van der Waals surface area (Å²) < 4.78 is 45.2. The second-order valence-corrected chi connectivity index (χ2v) is 11.1. The highest BCUT2D eigenvalue weighted by molar-refractivity contribution is 7.91. The van der Waals surface area contributed by atoms with E-state index < -0.39 is 21.5 Å². The lowest BCUT2D eigenvalue weighted by atomic mass is 9.97. The van der Waals surface area contributed by atoms with Crippen molar-refractivity contribution in [3.8, 4) is 0 Å². The van der Waals surface area contributed by atoms with Gasteiger partial charge in [-0.2, -0.15) is 0 Å². The van der Waals surface area contributed by atoms with E-state index in [1.54, 1.807) is 18.2 Å². The molecule has 2 aliphatic heterocycles. The number of pyridine rings is 1. The Morgan fingerprint density at radius 1 is 1.31 bits per heavy atom. The highest BCUT2D eigenvalue weighted by Gasteiger charge is 2.34. The maximum absolute atomic E-state index is 14.5. The lowest BCUT2D eigenvalue weighted by molar-refractivity contribution is -0.0461. The molecular weight excluding hydrogens is 431 g/mol. The van der Waals surface area contributed by atoms with E-state index in [4.69, 9.17) is 15.5 Å². The fraction of sp³-hybridized carbons (Fsp3) is 0.435. The van der Waals surface area contributed by atoms with Crippen molar-refractivity contribution in [2.75, 3.05) is 42.3 Å². The van der Waals surface area contributed by atoms with Gasteiger partial charge in [0.05, 0.1) is 34.8 Å². The zero-order valence-electron chi connectivity index (χ0n) is 17.9. The first-order valence-electron chi connectivity index (χ1n) is 10.8. The first-order chi connectivity index (χ1) is 15.2. The SMILES string of the molecule is CC1C=c2c(NCC3(N)COC3)cc(N3CCS(=O)(=O)c4ccccc4C3)nc2=CC1F. The molecule has 5 rings (SSSR count). The smallest absolute Gasteiger partial charge is 0.180 e. The van der Waals surface area contributed by atoms with Gasteiger partial charge in [-0.25, -0.2) is 17.8 Å². The maximum atomic E-state index is 14.5. The molecule has 1 aromatic carbocycles. The molecule has 1 fully saturated rings. The predicted molar refractivity (Wildman–Crippen MR) is 122 cm³/mol. The van der Waals surface area contributed by atoms with E-state index >= 15 is 0 Å². The summed E-state index contributed by atoms with van der Waals surface area (Å²) in [5, 5.41) is 4.83. The number of nitrogens with one attached hydrogen (secondary N) is 1. The Balaban J connectivity index is 1.56. The number of nitrogens with zero attached hydrogens (tertiary/aromatic N) is 2. The molecule has 7 nitrogen and oxygen atoms in total. The van der Waals surface area contributed by atoms with Crippen LogP contribution in [0.3, 0.4) is 0 Å². The summed E-state index contributed by atoms with van der Waals surface area (Å²) >= 11 is 0. The number of hydrogen-bond acceptors (Lipinski definition) is 7. The van der Waals surface area contributed by atoms with Crippen LogP contribution in [-0.2, 0) is 21.1 Å². The van der Waals surface area contributed by atoms with Gasteiger partial charge in [-0.05, 0) is 17.7 Å². The van der Waals surface area contributed by atoms with Crippen molar-refractivity contribution in [3.05, 3.63) is 46.5 Å². The van der Waals surface area contributed by atoms with Crippen molar-refractivity contribution in [1.29, 1.82) is 0 Å².